The molecule has 0 unspecified atom stereocenters. The van der Waals surface area contributed by atoms with Gasteiger partial charge in [0.05, 0.1) is 17.7 Å². The number of pyridine rings is 1. The van der Waals surface area contributed by atoms with Crippen molar-refractivity contribution in [3.05, 3.63) is 99.8 Å². The number of aromatic nitrogens is 1. The van der Waals surface area contributed by atoms with Crippen LogP contribution in [0, 0.1) is 6.92 Å². The second-order valence-corrected chi connectivity index (χ2v) is 8.92. The molecule has 0 spiro atoms. The number of hydrogen-bond acceptors (Lipinski definition) is 5. The van der Waals surface area contributed by atoms with E-state index >= 15 is 0 Å². The molecule has 1 aromatic heterocycles. The number of halogens is 1. The fourth-order valence-corrected chi connectivity index (χ4v) is 4.19. The molecule has 3 aromatic rings. The monoisotopic (exact) mass is 476 g/mol. The van der Waals surface area contributed by atoms with Crippen LogP contribution in [0.2, 0.25) is 5.02 Å². The topological polar surface area (TPSA) is 79.7 Å². The van der Waals surface area contributed by atoms with E-state index in [0.29, 0.717) is 21.9 Å². The fourth-order valence-electron chi connectivity index (χ4n) is 4.06. The van der Waals surface area contributed by atoms with E-state index < -0.39 is 17.7 Å². The lowest BCUT2D eigenvalue weighted by atomic mass is 9.94. The molecule has 0 saturated carbocycles. The van der Waals surface area contributed by atoms with Crippen LogP contribution in [0.25, 0.3) is 5.76 Å². The van der Waals surface area contributed by atoms with Crippen LogP contribution in [-0.2, 0) is 16.1 Å². The fraction of sp³-hybridized carbons (Fsp3) is 0.222. The van der Waals surface area contributed by atoms with Crippen molar-refractivity contribution in [2.24, 2.45) is 0 Å². The Labute approximate surface area is 203 Å². The molecule has 1 atom stereocenters. The standard InChI is InChI=1S/C27H25ClN2O4/c1-16(2)34-22-11-8-20(13-17(22)3)25(31)23-24(19-6-9-21(28)10-7-19)30(27(33)26(23)32)15-18-5-4-12-29-14-18/h4-14,16,24,31H,15H2,1-3H3/t24-/m0/s1. The number of carbonyl (C=O) groups is 2. The molecule has 174 valence electrons. The smallest absolute Gasteiger partial charge is 0.295 e. The van der Waals surface area contributed by atoms with Crippen molar-refractivity contribution in [1.29, 1.82) is 0 Å². The molecule has 6 nitrogen and oxygen atoms in total. The second-order valence-electron chi connectivity index (χ2n) is 8.49. The maximum atomic E-state index is 13.2. The summed E-state index contributed by atoms with van der Waals surface area (Å²) in [7, 11) is 0. The molecule has 0 radical (unpaired) electrons. The van der Waals surface area contributed by atoms with Crippen molar-refractivity contribution < 1.29 is 19.4 Å². The van der Waals surface area contributed by atoms with Crippen molar-refractivity contribution in [1.82, 2.24) is 9.88 Å². The van der Waals surface area contributed by atoms with E-state index in [9.17, 15) is 14.7 Å². The molecule has 34 heavy (non-hydrogen) atoms. The predicted octanol–water partition coefficient (Wildman–Crippen LogP) is 5.45. The summed E-state index contributed by atoms with van der Waals surface area (Å²) in [6.07, 6.45) is 3.29. The first-order valence-corrected chi connectivity index (χ1v) is 11.3. The molecule has 1 fully saturated rings. The van der Waals surface area contributed by atoms with Crippen molar-refractivity contribution in [3.63, 3.8) is 0 Å². The Morgan fingerprint density at radius 2 is 1.88 bits per heavy atom. The average Bonchev–Trinajstić information content (AvgIpc) is 3.06. The summed E-state index contributed by atoms with van der Waals surface area (Å²) in [6, 6.07) is 14.9. The van der Waals surface area contributed by atoms with Crippen molar-refractivity contribution in [3.8, 4) is 5.75 Å². The summed E-state index contributed by atoms with van der Waals surface area (Å²) in [4.78, 5) is 31.9. The third kappa shape index (κ3) is 4.68. The predicted molar refractivity (Wildman–Crippen MR) is 130 cm³/mol. The molecule has 0 bridgehead atoms. The number of ketones is 1. The van der Waals surface area contributed by atoms with Gasteiger partial charge in [-0.2, -0.15) is 0 Å². The number of ether oxygens (including phenoxy) is 1. The number of amides is 1. The van der Waals surface area contributed by atoms with Crippen LogP contribution in [0.3, 0.4) is 0 Å². The minimum Gasteiger partial charge on any atom is -0.507 e. The molecule has 1 aliphatic heterocycles. The molecule has 1 aliphatic rings. The largest absolute Gasteiger partial charge is 0.507 e. The zero-order chi connectivity index (χ0) is 24.4. The maximum absolute atomic E-state index is 13.2. The van der Waals surface area contributed by atoms with Gasteiger partial charge in [-0.05, 0) is 73.9 Å². The minimum absolute atomic E-state index is 0.000789. The van der Waals surface area contributed by atoms with Crippen LogP contribution in [0.4, 0.5) is 0 Å². The molecule has 1 N–H and O–H groups in total. The number of rotatable bonds is 6. The van der Waals surface area contributed by atoms with Crippen LogP contribution in [-0.4, -0.2) is 32.8 Å². The summed E-state index contributed by atoms with van der Waals surface area (Å²) < 4.78 is 5.78. The highest BCUT2D eigenvalue weighted by molar-refractivity contribution is 6.46. The normalized spacial score (nSPS) is 17.4. The lowest BCUT2D eigenvalue weighted by Gasteiger charge is -2.25. The number of nitrogens with zero attached hydrogens (tertiary/aromatic N) is 2. The van der Waals surface area contributed by atoms with Gasteiger partial charge >= 0.3 is 0 Å². The Morgan fingerprint density at radius 1 is 1.15 bits per heavy atom. The van der Waals surface area contributed by atoms with Gasteiger partial charge in [-0.15, -0.1) is 0 Å². The van der Waals surface area contributed by atoms with Crippen molar-refractivity contribution in [2.75, 3.05) is 0 Å². The average molecular weight is 477 g/mol. The molecule has 1 amide bonds. The molecular formula is C27H25ClN2O4. The van der Waals surface area contributed by atoms with E-state index in [4.69, 9.17) is 16.3 Å². The van der Waals surface area contributed by atoms with E-state index in [1.54, 1.807) is 60.9 Å². The SMILES string of the molecule is Cc1cc(C(O)=C2C(=O)C(=O)N(Cc3cccnc3)[C@H]2c2ccc(Cl)cc2)ccc1OC(C)C. The molecule has 0 aliphatic carbocycles. The summed E-state index contributed by atoms with van der Waals surface area (Å²) in [6.45, 7) is 5.90. The van der Waals surface area contributed by atoms with Gasteiger partial charge in [0, 0.05) is 29.5 Å². The minimum atomic E-state index is -0.774. The van der Waals surface area contributed by atoms with Crippen molar-refractivity contribution >= 4 is 29.1 Å². The van der Waals surface area contributed by atoms with E-state index in [2.05, 4.69) is 4.98 Å². The highest BCUT2D eigenvalue weighted by atomic mass is 35.5. The van der Waals surface area contributed by atoms with Crippen LogP contribution in [0.15, 0.2) is 72.6 Å². The van der Waals surface area contributed by atoms with Crippen LogP contribution >= 0.6 is 11.6 Å². The first-order chi connectivity index (χ1) is 16.3. The van der Waals surface area contributed by atoms with Gasteiger partial charge in [0.25, 0.3) is 11.7 Å². The molecule has 4 rings (SSSR count). The first kappa shape index (κ1) is 23.5. The number of hydrogen-bond donors (Lipinski definition) is 1. The van der Waals surface area contributed by atoms with E-state index in [-0.39, 0.29) is 24.0 Å². The van der Waals surface area contributed by atoms with E-state index in [1.165, 1.54) is 4.90 Å². The maximum Gasteiger partial charge on any atom is 0.295 e. The zero-order valence-electron chi connectivity index (χ0n) is 19.2. The summed E-state index contributed by atoms with van der Waals surface area (Å²) in [5, 5.41) is 11.8. The number of aliphatic hydroxyl groups is 1. The molecule has 7 heteroatoms. The highest BCUT2D eigenvalue weighted by Crippen LogP contribution is 2.41. The van der Waals surface area contributed by atoms with Gasteiger partial charge in [-0.3, -0.25) is 14.6 Å². The summed E-state index contributed by atoms with van der Waals surface area (Å²) in [5.41, 5.74) is 2.73. The molecule has 2 aromatic carbocycles. The van der Waals surface area contributed by atoms with Crippen LogP contribution in [0.1, 0.15) is 42.1 Å². The Hall–Kier alpha value is -3.64. The Balaban J connectivity index is 1.82. The number of carbonyl (C=O) groups excluding carboxylic acids is 2. The van der Waals surface area contributed by atoms with Gasteiger partial charge in [-0.25, -0.2) is 0 Å². The molecule has 1 saturated heterocycles. The van der Waals surface area contributed by atoms with Gasteiger partial charge < -0.3 is 14.7 Å². The number of aryl methyl sites for hydroxylation is 1. The number of Topliss-reactive ketones (excluding diaryl/α,β-unsaturated/α-hetero) is 1. The zero-order valence-corrected chi connectivity index (χ0v) is 19.9. The van der Waals surface area contributed by atoms with Gasteiger partial charge in [0.1, 0.15) is 11.5 Å². The third-order valence-electron chi connectivity index (χ3n) is 5.61. The number of aliphatic hydroxyl groups excluding tert-OH is 1. The van der Waals surface area contributed by atoms with Gasteiger partial charge in [-0.1, -0.05) is 29.8 Å². The Morgan fingerprint density at radius 3 is 2.50 bits per heavy atom. The van der Waals surface area contributed by atoms with Crippen molar-refractivity contribution in [2.45, 2.75) is 39.5 Å². The van der Waals surface area contributed by atoms with Crippen LogP contribution < -0.4 is 4.74 Å². The van der Waals surface area contributed by atoms with Gasteiger partial charge in [0.15, 0.2) is 0 Å². The number of benzene rings is 2. The Kier molecular flexibility index (Phi) is 6.70. The highest BCUT2D eigenvalue weighted by Gasteiger charge is 2.46. The van der Waals surface area contributed by atoms with Gasteiger partial charge in [0.2, 0.25) is 0 Å². The number of likely N-dealkylation sites (tertiary alicyclic amines) is 1. The summed E-state index contributed by atoms with van der Waals surface area (Å²) >= 11 is 6.08. The quantitative estimate of drug-likeness (QED) is 0.290. The van der Waals surface area contributed by atoms with Crippen LogP contribution in [0.5, 0.6) is 5.75 Å². The van der Waals surface area contributed by atoms with E-state index in [0.717, 1.165) is 11.1 Å². The molecule has 2 heterocycles. The second kappa shape index (κ2) is 9.69. The van der Waals surface area contributed by atoms with E-state index in [1.807, 2.05) is 26.8 Å². The third-order valence-corrected chi connectivity index (χ3v) is 5.86. The summed E-state index contributed by atoms with van der Waals surface area (Å²) in [5.74, 6) is -0.952. The first-order valence-electron chi connectivity index (χ1n) is 11.0. The molecular weight excluding hydrogens is 452 g/mol. The lowest BCUT2D eigenvalue weighted by Crippen LogP contribution is -2.29. The lowest BCUT2D eigenvalue weighted by molar-refractivity contribution is -0.140. The Bertz CT molecular complexity index is 1250.